The third kappa shape index (κ3) is 2.36. The molecule has 25 heavy (non-hydrogen) atoms. The SMILES string of the molecule is COc1cc(OC)c(-n2c(N)c3c(cc2=O)C(=O)NC3=O)cc1OC. The van der Waals surface area contributed by atoms with Crippen molar-refractivity contribution in [2.24, 2.45) is 0 Å². The molecular formula is C16H15N3O6. The highest BCUT2D eigenvalue weighted by atomic mass is 16.5. The second-order valence-corrected chi connectivity index (χ2v) is 5.15. The van der Waals surface area contributed by atoms with Crippen molar-refractivity contribution in [3.8, 4) is 22.9 Å². The van der Waals surface area contributed by atoms with Gasteiger partial charge in [-0.25, -0.2) is 0 Å². The smallest absolute Gasteiger partial charge is 0.262 e. The average Bonchev–Trinajstić information content (AvgIpc) is 2.88. The topological polar surface area (TPSA) is 122 Å². The van der Waals surface area contributed by atoms with E-state index in [4.69, 9.17) is 19.9 Å². The summed E-state index contributed by atoms with van der Waals surface area (Å²) in [5.74, 6) is -0.483. The highest BCUT2D eigenvalue weighted by molar-refractivity contribution is 6.23. The molecule has 3 N–H and O–H groups in total. The van der Waals surface area contributed by atoms with E-state index in [9.17, 15) is 14.4 Å². The van der Waals surface area contributed by atoms with Gasteiger partial charge in [-0.1, -0.05) is 0 Å². The Morgan fingerprint density at radius 1 is 0.880 bits per heavy atom. The third-order valence-electron chi connectivity index (χ3n) is 3.88. The van der Waals surface area contributed by atoms with E-state index in [0.717, 1.165) is 10.6 Å². The van der Waals surface area contributed by atoms with Gasteiger partial charge >= 0.3 is 0 Å². The molecule has 0 saturated heterocycles. The van der Waals surface area contributed by atoms with Crippen LogP contribution in [0.5, 0.6) is 17.2 Å². The largest absolute Gasteiger partial charge is 0.494 e. The summed E-state index contributed by atoms with van der Waals surface area (Å²) in [5.41, 5.74) is 5.58. The minimum Gasteiger partial charge on any atom is -0.494 e. The number of rotatable bonds is 4. The van der Waals surface area contributed by atoms with Crippen LogP contribution >= 0.6 is 0 Å². The molecule has 0 spiro atoms. The zero-order valence-electron chi connectivity index (χ0n) is 13.7. The van der Waals surface area contributed by atoms with Crippen molar-refractivity contribution < 1.29 is 23.8 Å². The number of methoxy groups -OCH3 is 3. The van der Waals surface area contributed by atoms with E-state index >= 15 is 0 Å². The molecule has 9 nitrogen and oxygen atoms in total. The second kappa shape index (κ2) is 5.86. The molecule has 0 fully saturated rings. The van der Waals surface area contributed by atoms with E-state index in [0.29, 0.717) is 11.5 Å². The van der Waals surface area contributed by atoms with Crippen LogP contribution in [0.4, 0.5) is 5.82 Å². The third-order valence-corrected chi connectivity index (χ3v) is 3.88. The van der Waals surface area contributed by atoms with E-state index in [1.807, 2.05) is 0 Å². The molecule has 1 aromatic heterocycles. The van der Waals surface area contributed by atoms with Gasteiger partial charge in [-0.15, -0.1) is 0 Å². The number of hydrogen-bond donors (Lipinski definition) is 2. The fourth-order valence-electron chi connectivity index (χ4n) is 2.72. The van der Waals surface area contributed by atoms with Crippen LogP contribution < -0.4 is 30.8 Å². The molecule has 2 amide bonds. The molecule has 9 heteroatoms. The van der Waals surface area contributed by atoms with Crippen LogP contribution in [0, 0.1) is 0 Å². The zero-order chi connectivity index (χ0) is 18.3. The van der Waals surface area contributed by atoms with Crippen molar-refractivity contribution in [2.75, 3.05) is 27.1 Å². The Hall–Kier alpha value is -3.49. The Kier molecular flexibility index (Phi) is 3.84. The normalized spacial score (nSPS) is 12.6. The number of benzene rings is 1. The molecule has 0 atom stereocenters. The van der Waals surface area contributed by atoms with Crippen molar-refractivity contribution in [2.45, 2.75) is 0 Å². The molecule has 0 bridgehead atoms. The maximum absolute atomic E-state index is 12.5. The van der Waals surface area contributed by atoms with Crippen LogP contribution in [0.2, 0.25) is 0 Å². The average molecular weight is 345 g/mol. The second-order valence-electron chi connectivity index (χ2n) is 5.15. The van der Waals surface area contributed by atoms with Gasteiger partial charge in [-0.2, -0.15) is 0 Å². The predicted octanol–water partition coefficient (Wildman–Crippen LogP) is 0.329. The van der Waals surface area contributed by atoms with Crippen molar-refractivity contribution in [1.29, 1.82) is 0 Å². The number of nitrogen functional groups attached to an aromatic ring is 1. The molecule has 2 aromatic rings. The fourth-order valence-corrected chi connectivity index (χ4v) is 2.72. The highest BCUT2D eigenvalue weighted by Gasteiger charge is 2.32. The predicted molar refractivity (Wildman–Crippen MR) is 87.9 cm³/mol. The Morgan fingerprint density at radius 2 is 1.48 bits per heavy atom. The fraction of sp³-hybridized carbons (Fsp3) is 0.188. The lowest BCUT2D eigenvalue weighted by atomic mass is 10.1. The van der Waals surface area contributed by atoms with E-state index < -0.39 is 17.4 Å². The van der Waals surface area contributed by atoms with Crippen LogP contribution in [-0.4, -0.2) is 37.7 Å². The summed E-state index contributed by atoms with van der Waals surface area (Å²) >= 11 is 0. The van der Waals surface area contributed by atoms with Gasteiger partial charge < -0.3 is 19.9 Å². The van der Waals surface area contributed by atoms with Crippen LogP contribution in [-0.2, 0) is 0 Å². The van der Waals surface area contributed by atoms with Crippen molar-refractivity contribution in [1.82, 2.24) is 9.88 Å². The first-order valence-corrected chi connectivity index (χ1v) is 7.14. The van der Waals surface area contributed by atoms with Crippen LogP contribution in [0.25, 0.3) is 5.69 Å². The molecule has 0 radical (unpaired) electrons. The Balaban J connectivity index is 2.35. The van der Waals surface area contributed by atoms with E-state index in [-0.39, 0.29) is 28.4 Å². The number of anilines is 1. The standard InChI is InChI=1S/C16H15N3O6/c1-23-9-6-11(25-3)10(24-2)5-8(9)19-12(20)4-7-13(14(19)17)16(22)18-15(7)21/h4-6H,17H2,1-3H3,(H,18,21,22). The maximum atomic E-state index is 12.5. The first-order chi connectivity index (χ1) is 11.9. The van der Waals surface area contributed by atoms with Crippen LogP contribution in [0.3, 0.4) is 0 Å². The summed E-state index contributed by atoms with van der Waals surface area (Å²) in [6.07, 6.45) is 0. The number of aromatic nitrogens is 1. The molecule has 2 heterocycles. The van der Waals surface area contributed by atoms with Crippen molar-refractivity contribution in [3.63, 3.8) is 0 Å². The number of fused-ring (bicyclic) bond motifs is 1. The number of carbonyl (C=O) groups is 2. The van der Waals surface area contributed by atoms with Crippen LogP contribution in [0.15, 0.2) is 23.0 Å². The zero-order valence-corrected chi connectivity index (χ0v) is 13.7. The Bertz CT molecular complexity index is 963. The van der Waals surface area contributed by atoms with E-state index in [1.165, 1.54) is 33.5 Å². The number of ether oxygens (including phenoxy) is 3. The van der Waals surface area contributed by atoms with Gasteiger partial charge in [-0.3, -0.25) is 24.3 Å². The first kappa shape index (κ1) is 16.4. The number of nitrogens with zero attached hydrogens (tertiary/aromatic N) is 1. The molecule has 0 aliphatic carbocycles. The van der Waals surface area contributed by atoms with E-state index in [1.54, 1.807) is 0 Å². The molecule has 0 saturated carbocycles. The minimum absolute atomic E-state index is 0.0526. The number of imide groups is 1. The minimum atomic E-state index is -0.661. The number of hydrogen-bond acceptors (Lipinski definition) is 7. The summed E-state index contributed by atoms with van der Waals surface area (Å²) in [6.45, 7) is 0. The summed E-state index contributed by atoms with van der Waals surface area (Å²) < 4.78 is 16.8. The van der Waals surface area contributed by atoms with Gasteiger partial charge in [0.1, 0.15) is 11.6 Å². The molecule has 0 unspecified atom stereocenters. The summed E-state index contributed by atoms with van der Waals surface area (Å²) in [6, 6.07) is 4.08. The summed E-state index contributed by atoms with van der Waals surface area (Å²) in [7, 11) is 4.31. The number of nitrogens with two attached hydrogens (primary N) is 1. The number of carbonyl (C=O) groups excluding carboxylic acids is 2. The van der Waals surface area contributed by atoms with Gasteiger partial charge in [0.25, 0.3) is 17.4 Å². The van der Waals surface area contributed by atoms with Gasteiger partial charge in [0, 0.05) is 18.2 Å². The van der Waals surface area contributed by atoms with E-state index in [2.05, 4.69) is 5.32 Å². The lowest BCUT2D eigenvalue weighted by Gasteiger charge is -2.17. The first-order valence-electron chi connectivity index (χ1n) is 7.14. The highest BCUT2D eigenvalue weighted by Crippen LogP contribution is 2.37. The maximum Gasteiger partial charge on any atom is 0.262 e. The quantitative estimate of drug-likeness (QED) is 0.766. The number of pyridine rings is 1. The molecule has 130 valence electrons. The number of nitrogens with one attached hydrogen (secondary N) is 1. The summed E-state index contributed by atoms with van der Waals surface area (Å²) in [5, 5.41) is 2.11. The monoisotopic (exact) mass is 345 g/mol. The van der Waals surface area contributed by atoms with Crippen molar-refractivity contribution >= 4 is 17.6 Å². The Labute approximate surface area is 141 Å². The number of amides is 2. The van der Waals surface area contributed by atoms with Gasteiger partial charge in [-0.05, 0) is 0 Å². The van der Waals surface area contributed by atoms with Crippen LogP contribution in [0.1, 0.15) is 20.7 Å². The molecule has 1 aliphatic heterocycles. The lowest BCUT2D eigenvalue weighted by molar-refractivity contribution is 0.0880. The Morgan fingerprint density at radius 3 is 2.08 bits per heavy atom. The van der Waals surface area contributed by atoms with Gasteiger partial charge in [0.15, 0.2) is 11.5 Å². The summed E-state index contributed by atoms with van der Waals surface area (Å²) in [4.78, 5) is 36.2. The molecule has 3 rings (SSSR count). The van der Waals surface area contributed by atoms with Gasteiger partial charge in [0.05, 0.1) is 38.1 Å². The van der Waals surface area contributed by atoms with Crippen molar-refractivity contribution in [3.05, 3.63) is 39.7 Å². The molecule has 1 aromatic carbocycles. The lowest BCUT2D eigenvalue weighted by Crippen LogP contribution is -2.24. The van der Waals surface area contributed by atoms with Gasteiger partial charge in [0.2, 0.25) is 0 Å². The molecule has 1 aliphatic rings. The molecular weight excluding hydrogens is 330 g/mol.